The molecule has 0 aliphatic rings. The summed E-state index contributed by atoms with van der Waals surface area (Å²) in [6, 6.07) is 13.1. The van der Waals surface area contributed by atoms with Crippen molar-refractivity contribution in [2.75, 3.05) is 5.32 Å². The van der Waals surface area contributed by atoms with Gasteiger partial charge in [-0.05, 0) is 43.3 Å². The molecule has 2 N–H and O–H groups in total. The Balaban J connectivity index is 1.46. The highest BCUT2D eigenvalue weighted by atomic mass is 19.1. The van der Waals surface area contributed by atoms with Crippen LogP contribution in [0.4, 0.5) is 16.0 Å². The van der Waals surface area contributed by atoms with E-state index in [-0.39, 0.29) is 12.4 Å². The molecule has 0 saturated heterocycles. The van der Waals surface area contributed by atoms with Crippen LogP contribution in [0, 0.1) is 12.7 Å². The van der Waals surface area contributed by atoms with Gasteiger partial charge in [0.25, 0.3) is 0 Å². The Morgan fingerprint density at radius 1 is 1.11 bits per heavy atom. The van der Waals surface area contributed by atoms with Crippen molar-refractivity contribution in [3.63, 3.8) is 0 Å². The molecule has 3 aromatic heterocycles. The van der Waals surface area contributed by atoms with E-state index < -0.39 is 0 Å². The third-order valence-electron chi connectivity index (χ3n) is 3.70. The molecule has 0 amide bonds. The van der Waals surface area contributed by atoms with Crippen LogP contribution < -0.4 is 10.1 Å². The summed E-state index contributed by atoms with van der Waals surface area (Å²) in [5.41, 5.74) is 1.54. The molecular formula is C19H16FN5O2. The van der Waals surface area contributed by atoms with Crippen molar-refractivity contribution >= 4 is 11.6 Å². The van der Waals surface area contributed by atoms with Gasteiger partial charge in [0.15, 0.2) is 17.4 Å². The number of nitrogens with zero attached hydrogens (tertiary/aromatic N) is 3. The Morgan fingerprint density at radius 2 is 1.96 bits per heavy atom. The van der Waals surface area contributed by atoms with Crippen molar-refractivity contribution in [1.29, 1.82) is 0 Å². The van der Waals surface area contributed by atoms with Gasteiger partial charge in [0.1, 0.15) is 29.7 Å². The van der Waals surface area contributed by atoms with Gasteiger partial charge in [0.2, 0.25) is 0 Å². The fraction of sp³-hybridized carbons (Fsp3) is 0.105. The van der Waals surface area contributed by atoms with Gasteiger partial charge < -0.3 is 14.5 Å². The Labute approximate surface area is 154 Å². The quantitative estimate of drug-likeness (QED) is 0.531. The minimum Gasteiger partial charge on any atom is -0.486 e. The molecule has 136 valence electrons. The molecule has 0 unspecified atom stereocenters. The standard InChI is InChI=1S/C19H16FN5O2/c1-12-9-17(22-18-10-15(24-25-18)16-3-2-8-26-16)23-19(21-12)11-27-14-6-4-13(20)5-7-14/h2-10H,11H2,1H3,(H2,21,22,23,24,25). The van der Waals surface area contributed by atoms with Crippen molar-refractivity contribution < 1.29 is 13.5 Å². The average Bonchev–Trinajstić information content (AvgIpc) is 3.32. The lowest BCUT2D eigenvalue weighted by molar-refractivity contribution is 0.295. The predicted octanol–water partition coefficient (Wildman–Crippen LogP) is 4.23. The van der Waals surface area contributed by atoms with Crippen LogP contribution in [-0.4, -0.2) is 20.2 Å². The summed E-state index contributed by atoms with van der Waals surface area (Å²) in [4.78, 5) is 8.80. The molecule has 0 spiro atoms. The van der Waals surface area contributed by atoms with Crippen LogP contribution in [0.1, 0.15) is 11.5 Å². The first-order chi connectivity index (χ1) is 13.2. The molecule has 0 aliphatic heterocycles. The van der Waals surface area contributed by atoms with Gasteiger partial charge in [0, 0.05) is 17.8 Å². The third-order valence-corrected chi connectivity index (χ3v) is 3.70. The number of hydrogen-bond acceptors (Lipinski definition) is 6. The summed E-state index contributed by atoms with van der Waals surface area (Å²) in [6.07, 6.45) is 1.60. The summed E-state index contributed by atoms with van der Waals surface area (Å²) in [5.74, 6) is 2.63. The maximum absolute atomic E-state index is 13.0. The SMILES string of the molecule is Cc1cc(Nc2cc(-c3ccco3)[nH]n2)nc(COc2ccc(F)cc2)n1. The number of halogens is 1. The second kappa shape index (κ2) is 7.28. The van der Waals surface area contributed by atoms with Crippen molar-refractivity contribution in [3.8, 4) is 17.2 Å². The normalized spacial score (nSPS) is 10.7. The number of benzene rings is 1. The van der Waals surface area contributed by atoms with E-state index in [0.29, 0.717) is 29.0 Å². The average molecular weight is 365 g/mol. The van der Waals surface area contributed by atoms with E-state index in [1.165, 1.54) is 12.1 Å². The maximum atomic E-state index is 13.0. The first-order valence-corrected chi connectivity index (χ1v) is 8.25. The number of nitrogens with one attached hydrogen (secondary N) is 2. The molecule has 0 radical (unpaired) electrons. The second-order valence-electron chi connectivity index (χ2n) is 5.82. The fourth-order valence-electron chi connectivity index (χ4n) is 2.51. The zero-order chi connectivity index (χ0) is 18.6. The highest BCUT2D eigenvalue weighted by Gasteiger charge is 2.09. The first kappa shape index (κ1) is 16.8. The number of hydrogen-bond donors (Lipinski definition) is 2. The molecule has 1 aromatic carbocycles. The van der Waals surface area contributed by atoms with Crippen molar-refractivity contribution in [1.82, 2.24) is 20.2 Å². The largest absolute Gasteiger partial charge is 0.486 e. The maximum Gasteiger partial charge on any atom is 0.168 e. The number of rotatable bonds is 6. The van der Waals surface area contributed by atoms with E-state index in [0.717, 1.165) is 11.4 Å². The van der Waals surface area contributed by atoms with Gasteiger partial charge in [-0.2, -0.15) is 5.10 Å². The van der Waals surface area contributed by atoms with Gasteiger partial charge in [-0.3, -0.25) is 5.10 Å². The molecule has 27 heavy (non-hydrogen) atoms. The molecule has 7 nitrogen and oxygen atoms in total. The predicted molar refractivity (Wildman–Crippen MR) is 97.1 cm³/mol. The van der Waals surface area contributed by atoms with Crippen LogP contribution in [0.5, 0.6) is 5.75 Å². The molecule has 4 aromatic rings. The molecule has 0 bridgehead atoms. The number of anilines is 2. The van der Waals surface area contributed by atoms with Crippen LogP contribution in [0.15, 0.2) is 59.2 Å². The van der Waals surface area contributed by atoms with Crippen LogP contribution in [0.25, 0.3) is 11.5 Å². The van der Waals surface area contributed by atoms with E-state index >= 15 is 0 Å². The Hall–Kier alpha value is -3.68. The Kier molecular flexibility index (Phi) is 4.52. The van der Waals surface area contributed by atoms with Crippen molar-refractivity contribution in [3.05, 3.63) is 72.1 Å². The molecular weight excluding hydrogens is 349 g/mol. The number of ether oxygens (including phenoxy) is 1. The Morgan fingerprint density at radius 3 is 2.74 bits per heavy atom. The van der Waals surface area contributed by atoms with Gasteiger partial charge in [-0.15, -0.1) is 0 Å². The summed E-state index contributed by atoms with van der Waals surface area (Å²) in [6.45, 7) is 2.04. The number of aromatic amines is 1. The minimum absolute atomic E-state index is 0.167. The number of H-pyrrole nitrogens is 1. The Bertz CT molecular complexity index is 1030. The van der Waals surface area contributed by atoms with E-state index in [1.807, 2.05) is 31.2 Å². The lowest BCUT2D eigenvalue weighted by Gasteiger charge is -2.08. The number of aromatic nitrogens is 4. The second-order valence-corrected chi connectivity index (χ2v) is 5.82. The van der Waals surface area contributed by atoms with Crippen LogP contribution >= 0.6 is 0 Å². The number of aryl methyl sites for hydroxylation is 1. The molecule has 0 saturated carbocycles. The van der Waals surface area contributed by atoms with E-state index in [2.05, 4.69) is 25.5 Å². The molecule has 0 aliphatic carbocycles. The fourth-order valence-corrected chi connectivity index (χ4v) is 2.51. The molecule has 0 fully saturated rings. The summed E-state index contributed by atoms with van der Waals surface area (Å²) in [7, 11) is 0. The van der Waals surface area contributed by atoms with E-state index in [9.17, 15) is 4.39 Å². The summed E-state index contributed by atoms with van der Waals surface area (Å²) >= 11 is 0. The summed E-state index contributed by atoms with van der Waals surface area (Å²) in [5, 5.41) is 10.2. The van der Waals surface area contributed by atoms with E-state index in [4.69, 9.17) is 9.15 Å². The molecule has 4 rings (SSSR count). The molecule has 0 atom stereocenters. The first-order valence-electron chi connectivity index (χ1n) is 8.25. The van der Waals surface area contributed by atoms with Gasteiger partial charge in [-0.1, -0.05) is 0 Å². The zero-order valence-electron chi connectivity index (χ0n) is 14.4. The topological polar surface area (TPSA) is 88.9 Å². The van der Waals surface area contributed by atoms with Crippen LogP contribution in [-0.2, 0) is 6.61 Å². The lowest BCUT2D eigenvalue weighted by Crippen LogP contribution is -2.05. The van der Waals surface area contributed by atoms with Gasteiger partial charge >= 0.3 is 0 Å². The smallest absolute Gasteiger partial charge is 0.168 e. The highest BCUT2D eigenvalue weighted by Crippen LogP contribution is 2.22. The summed E-state index contributed by atoms with van der Waals surface area (Å²) < 4.78 is 23.9. The van der Waals surface area contributed by atoms with E-state index in [1.54, 1.807) is 18.4 Å². The van der Waals surface area contributed by atoms with Crippen LogP contribution in [0.2, 0.25) is 0 Å². The number of furan rings is 1. The minimum atomic E-state index is -0.312. The van der Waals surface area contributed by atoms with Crippen LogP contribution in [0.3, 0.4) is 0 Å². The monoisotopic (exact) mass is 365 g/mol. The lowest BCUT2D eigenvalue weighted by atomic mass is 10.3. The zero-order valence-corrected chi connectivity index (χ0v) is 14.4. The van der Waals surface area contributed by atoms with Crippen molar-refractivity contribution in [2.24, 2.45) is 0 Å². The van der Waals surface area contributed by atoms with Crippen molar-refractivity contribution in [2.45, 2.75) is 13.5 Å². The van der Waals surface area contributed by atoms with Gasteiger partial charge in [0.05, 0.1) is 6.26 Å². The molecule has 8 heteroatoms. The molecule has 3 heterocycles. The van der Waals surface area contributed by atoms with Gasteiger partial charge in [-0.25, -0.2) is 14.4 Å². The third kappa shape index (κ3) is 4.12. The highest BCUT2D eigenvalue weighted by molar-refractivity contribution is 5.61.